The van der Waals surface area contributed by atoms with Gasteiger partial charge in [-0.15, -0.1) is 10.2 Å². The minimum Gasteiger partial charge on any atom is -0.415 e. The van der Waals surface area contributed by atoms with Crippen LogP contribution in [0.2, 0.25) is 0 Å². The smallest absolute Gasteiger partial charge is 0.268 e. The lowest BCUT2D eigenvalue weighted by molar-refractivity contribution is -0.130. The van der Waals surface area contributed by atoms with Gasteiger partial charge in [0.25, 0.3) is 5.89 Å². The molecule has 1 aromatic heterocycles. The molecule has 7 nitrogen and oxygen atoms in total. The van der Waals surface area contributed by atoms with E-state index in [1.165, 1.54) is 11.1 Å². The van der Waals surface area contributed by atoms with E-state index in [0.717, 1.165) is 35.7 Å². The lowest BCUT2D eigenvalue weighted by atomic mass is 9.94. The van der Waals surface area contributed by atoms with E-state index in [2.05, 4.69) is 39.1 Å². The van der Waals surface area contributed by atoms with Crippen LogP contribution in [0.15, 0.2) is 57.0 Å². The predicted octanol–water partition coefficient (Wildman–Crippen LogP) is 5.12. The number of nitrogens with one attached hydrogen (secondary N) is 1. The summed E-state index contributed by atoms with van der Waals surface area (Å²) >= 11 is 3.45. The number of halogens is 1. The molecule has 0 fully saturated rings. The Morgan fingerprint density at radius 2 is 1.97 bits per heavy atom. The van der Waals surface area contributed by atoms with Crippen molar-refractivity contribution in [1.82, 2.24) is 15.1 Å². The van der Waals surface area contributed by atoms with Gasteiger partial charge in [0.1, 0.15) is 5.71 Å². The molecule has 33 heavy (non-hydrogen) atoms. The van der Waals surface area contributed by atoms with E-state index in [1.54, 1.807) is 0 Å². The zero-order chi connectivity index (χ0) is 23.4. The topological polar surface area (TPSA) is 95.4 Å². The summed E-state index contributed by atoms with van der Waals surface area (Å²) in [5.74, 6) is 0.846. The molecular weight excluding hydrogens is 482 g/mol. The lowest BCUT2D eigenvalue weighted by Gasteiger charge is -2.28. The SMILES string of the molecule is CCC(=O)N1CC=C(C2CC(CC)=CC(=N)C(c3nnc(-c4ccc(CBr)cc4)o3)=N2)CC1. The van der Waals surface area contributed by atoms with Crippen molar-refractivity contribution in [2.24, 2.45) is 4.99 Å². The number of benzene rings is 1. The molecule has 1 amide bonds. The summed E-state index contributed by atoms with van der Waals surface area (Å²) in [5, 5.41) is 17.9. The first-order chi connectivity index (χ1) is 16.0. The fraction of sp³-hybridized carbons (Fsp3) is 0.400. The van der Waals surface area contributed by atoms with E-state index in [0.29, 0.717) is 36.8 Å². The average Bonchev–Trinajstić information content (AvgIpc) is 3.28. The first-order valence-corrected chi connectivity index (χ1v) is 12.5. The third kappa shape index (κ3) is 5.21. The van der Waals surface area contributed by atoms with Gasteiger partial charge in [0, 0.05) is 30.4 Å². The van der Waals surface area contributed by atoms with Crippen molar-refractivity contribution in [3.63, 3.8) is 0 Å². The van der Waals surface area contributed by atoms with Gasteiger partial charge in [-0.1, -0.05) is 53.6 Å². The fourth-order valence-corrected chi connectivity index (χ4v) is 4.47. The number of hydrogen-bond donors (Lipinski definition) is 1. The third-order valence-corrected chi connectivity index (χ3v) is 6.76. The molecule has 0 radical (unpaired) electrons. The number of rotatable bonds is 6. The molecule has 1 unspecified atom stereocenters. The van der Waals surface area contributed by atoms with Crippen LogP contribution in [0, 0.1) is 5.41 Å². The number of aliphatic imine (C=N–C) groups is 1. The molecule has 2 aliphatic heterocycles. The monoisotopic (exact) mass is 509 g/mol. The van der Waals surface area contributed by atoms with Gasteiger partial charge in [0.15, 0.2) is 0 Å². The number of allylic oxidation sites excluding steroid dienone is 1. The van der Waals surface area contributed by atoms with Gasteiger partial charge >= 0.3 is 0 Å². The van der Waals surface area contributed by atoms with E-state index in [4.69, 9.17) is 14.8 Å². The second-order valence-corrected chi connectivity index (χ2v) is 8.79. The van der Waals surface area contributed by atoms with Crippen molar-refractivity contribution in [2.45, 2.75) is 50.9 Å². The van der Waals surface area contributed by atoms with Crippen LogP contribution in [0.5, 0.6) is 0 Å². The molecule has 1 aromatic carbocycles. The highest BCUT2D eigenvalue weighted by molar-refractivity contribution is 9.08. The van der Waals surface area contributed by atoms with E-state index in [9.17, 15) is 4.79 Å². The molecule has 0 saturated heterocycles. The van der Waals surface area contributed by atoms with Gasteiger partial charge in [-0.05, 0) is 48.6 Å². The van der Waals surface area contributed by atoms with E-state index >= 15 is 0 Å². The van der Waals surface area contributed by atoms with Crippen molar-refractivity contribution in [1.29, 1.82) is 5.41 Å². The Balaban J connectivity index is 1.63. The van der Waals surface area contributed by atoms with Crippen molar-refractivity contribution in [3.8, 4) is 11.5 Å². The number of alkyl halides is 1. The molecule has 2 aromatic rings. The number of aromatic nitrogens is 2. The molecular formula is C25H28BrN5O2. The first kappa shape index (κ1) is 23.3. The molecule has 3 heterocycles. The van der Waals surface area contributed by atoms with Gasteiger partial charge in [-0.3, -0.25) is 15.2 Å². The van der Waals surface area contributed by atoms with Crippen LogP contribution in [0.25, 0.3) is 11.5 Å². The fourth-order valence-electron chi connectivity index (χ4n) is 4.09. The van der Waals surface area contributed by atoms with Crippen molar-refractivity contribution in [2.75, 3.05) is 13.1 Å². The number of amides is 1. The minimum atomic E-state index is -0.0958. The molecule has 1 atom stereocenters. The average molecular weight is 510 g/mol. The molecule has 1 N–H and O–H groups in total. The number of hydrogen-bond acceptors (Lipinski definition) is 6. The minimum absolute atomic E-state index is 0.0958. The Hall–Kier alpha value is -2.87. The summed E-state index contributed by atoms with van der Waals surface area (Å²) in [6.07, 6.45) is 6.91. The summed E-state index contributed by atoms with van der Waals surface area (Å²) in [7, 11) is 0. The molecule has 0 bridgehead atoms. The van der Waals surface area contributed by atoms with Gasteiger partial charge in [0.05, 0.1) is 11.8 Å². The van der Waals surface area contributed by atoms with Crippen LogP contribution in [0.4, 0.5) is 0 Å². The molecule has 8 heteroatoms. The van der Waals surface area contributed by atoms with Crippen LogP contribution >= 0.6 is 15.9 Å². The number of carbonyl (C=O) groups is 1. The van der Waals surface area contributed by atoms with Gasteiger partial charge in [-0.2, -0.15) is 0 Å². The first-order valence-electron chi connectivity index (χ1n) is 11.3. The van der Waals surface area contributed by atoms with Crippen LogP contribution in [-0.4, -0.2) is 51.6 Å². The number of nitrogens with zero attached hydrogens (tertiary/aromatic N) is 4. The molecule has 4 rings (SSSR count). The zero-order valence-electron chi connectivity index (χ0n) is 19.0. The Morgan fingerprint density at radius 1 is 1.21 bits per heavy atom. The third-order valence-electron chi connectivity index (χ3n) is 6.11. The Kier molecular flexibility index (Phi) is 7.33. The molecule has 0 saturated carbocycles. The second-order valence-electron chi connectivity index (χ2n) is 8.23. The normalized spacial score (nSPS) is 19.0. The van der Waals surface area contributed by atoms with E-state index in [1.807, 2.05) is 42.2 Å². The van der Waals surface area contributed by atoms with Crippen LogP contribution in [-0.2, 0) is 10.1 Å². The van der Waals surface area contributed by atoms with Crippen LogP contribution < -0.4 is 0 Å². The van der Waals surface area contributed by atoms with Crippen LogP contribution in [0.3, 0.4) is 0 Å². The number of carbonyl (C=O) groups excluding carboxylic acids is 1. The summed E-state index contributed by atoms with van der Waals surface area (Å²) < 4.78 is 5.97. The Morgan fingerprint density at radius 3 is 2.61 bits per heavy atom. The van der Waals surface area contributed by atoms with Crippen molar-refractivity contribution >= 4 is 33.3 Å². The standard InChI is InChI=1S/C25H28BrN5O2/c1-3-16-13-20(27)23(25-30-29-24(33-25)19-7-5-17(15-26)6-8-19)28-21(14-16)18-9-11-31(12-10-18)22(32)4-2/h5-9,13,21,27H,3-4,10-12,14-15H2,1-2H3. The predicted molar refractivity (Wildman–Crippen MR) is 133 cm³/mol. The van der Waals surface area contributed by atoms with E-state index in [-0.39, 0.29) is 17.8 Å². The Labute approximate surface area is 202 Å². The summed E-state index contributed by atoms with van der Waals surface area (Å²) in [6.45, 7) is 5.31. The zero-order valence-corrected chi connectivity index (χ0v) is 20.6. The highest BCUT2D eigenvalue weighted by Gasteiger charge is 2.27. The maximum absolute atomic E-state index is 12.0. The van der Waals surface area contributed by atoms with Gasteiger partial charge in [0.2, 0.25) is 11.8 Å². The van der Waals surface area contributed by atoms with E-state index < -0.39 is 0 Å². The van der Waals surface area contributed by atoms with Crippen LogP contribution in [0.1, 0.15) is 51.0 Å². The van der Waals surface area contributed by atoms with Gasteiger partial charge < -0.3 is 9.32 Å². The maximum atomic E-state index is 12.0. The summed E-state index contributed by atoms with van der Waals surface area (Å²) in [4.78, 5) is 18.9. The molecule has 2 aliphatic rings. The summed E-state index contributed by atoms with van der Waals surface area (Å²) in [6, 6.07) is 7.81. The molecule has 172 valence electrons. The second kappa shape index (κ2) is 10.4. The highest BCUT2D eigenvalue weighted by Crippen LogP contribution is 2.28. The molecule has 0 aliphatic carbocycles. The highest BCUT2D eigenvalue weighted by atomic mass is 79.9. The Bertz CT molecular complexity index is 1130. The molecule has 0 spiro atoms. The maximum Gasteiger partial charge on any atom is 0.268 e. The summed E-state index contributed by atoms with van der Waals surface area (Å²) in [5.41, 5.74) is 5.07. The quantitative estimate of drug-likeness (QED) is 0.431. The van der Waals surface area contributed by atoms with Crippen molar-refractivity contribution in [3.05, 3.63) is 59.0 Å². The van der Waals surface area contributed by atoms with Crippen molar-refractivity contribution < 1.29 is 9.21 Å². The van der Waals surface area contributed by atoms with Gasteiger partial charge in [-0.25, -0.2) is 0 Å². The lowest BCUT2D eigenvalue weighted by Crippen LogP contribution is -2.35. The largest absolute Gasteiger partial charge is 0.415 e.